The van der Waals surface area contributed by atoms with E-state index < -0.39 is 15.8 Å². The molecule has 0 aliphatic heterocycles. The van der Waals surface area contributed by atoms with Crippen LogP contribution in [-0.4, -0.2) is 34.5 Å². The first-order valence-corrected chi connectivity index (χ1v) is 11.5. The van der Waals surface area contributed by atoms with Gasteiger partial charge in [-0.25, -0.2) is 17.9 Å². The molecule has 0 saturated carbocycles. The molecule has 156 valence electrons. The number of rotatable bonds is 5. The topological polar surface area (TPSA) is 102 Å². The summed E-state index contributed by atoms with van der Waals surface area (Å²) in [4.78, 5) is 11.4. The molecule has 3 aromatic carbocycles. The van der Waals surface area contributed by atoms with Gasteiger partial charge in [0.1, 0.15) is 5.69 Å². The molecule has 0 radical (unpaired) electrons. The molecule has 10 heteroatoms. The van der Waals surface area contributed by atoms with Crippen molar-refractivity contribution in [3.05, 3.63) is 87.9 Å². The van der Waals surface area contributed by atoms with Crippen molar-refractivity contribution in [2.24, 2.45) is 0 Å². The number of benzene rings is 3. The molecule has 0 saturated heterocycles. The number of aromatic nitrogens is 3. The van der Waals surface area contributed by atoms with Gasteiger partial charge in [-0.1, -0.05) is 50.9 Å². The normalized spacial score (nSPS) is 11.4. The van der Waals surface area contributed by atoms with E-state index in [0.29, 0.717) is 16.3 Å². The Morgan fingerprint density at radius 1 is 1.00 bits per heavy atom. The lowest BCUT2D eigenvalue weighted by atomic mass is 10.1. The van der Waals surface area contributed by atoms with Gasteiger partial charge in [-0.15, -0.1) is 5.10 Å². The van der Waals surface area contributed by atoms with Crippen molar-refractivity contribution in [1.29, 1.82) is 0 Å². The average molecular weight is 519 g/mol. The van der Waals surface area contributed by atoms with Gasteiger partial charge in [-0.05, 0) is 54.6 Å². The van der Waals surface area contributed by atoms with E-state index in [4.69, 9.17) is 11.6 Å². The van der Waals surface area contributed by atoms with E-state index in [1.54, 1.807) is 48.5 Å². The van der Waals surface area contributed by atoms with Gasteiger partial charge in [0.25, 0.3) is 0 Å². The van der Waals surface area contributed by atoms with Gasteiger partial charge in [-0.3, -0.25) is 0 Å². The zero-order valence-corrected chi connectivity index (χ0v) is 18.8. The van der Waals surface area contributed by atoms with Gasteiger partial charge >= 0.3 is 5.97 Å². The van der Waals surface area contributed by atoms with Crippen LogP contribution in [0.2, 0.25) is 5.02 Å². The fourth-order valence-electron chi connectivity index (χ4n) is 2.98. The number of carboxylic acid groups (broad SMARTS) is 1. The van der Waals surface area contributed by atoms with E-state index in [1.165, 1.54) is 28.9 Å². The third-order valence-corrected chi connectivity index (χ3v) is 6.93. The fourth-order valence-corrected chi connectivity index (χ4v) is 4.69. The Morgan fingerprint density at radius 2 is 1.68 bits per heavy atom. The van der Waals surface area contributed by atoms with Crippen molar-refractivity contribution in [2.45, 2.75) is 9.92 Å². The number of aromatic carboxylic acids is 1. The van der Waals surface area contributed by atoms with Crippen LogP contribution in [-0.2, 0) is 9.84 Å². The highest BCUT2D eigenvalue weighted by Crippen LogP contribution is 2.33. The monoisotopic (exact) mass is 517 g/mol. The average Bonchev–Trinajstić information content (AvgIpc) is 3.21. The third-order valence-electron chi connectivity index (χ3n) is 4.47. The van der Waals surface area contributed by atoms with Crippen molar-refractivity contribution >= 4 is 43.3 Å². The predicted molar refractivity (Wildman–Crippen MR) is 118 cm³/mol. The Balaban J connectivity index is 1.97. The Labute approximate surface area is 191 Å². The van der Waals surface area contributed by atoms with E-state index in [0.717, 1.165) is 4.47 Å². The molecule has 0 spiro atoms. The molecule has 1 N–H and O–H groups in total. The van der Waals surface area contributed by atoms with Crippen molar-refractivity contribution in [1.82, 2.24) is 15.0 Å². The summed E-state index contributed by atoms with van der Waals surface area (Å²) in [6.07, 6.45) is 0. The van der Waals surface area contributed by atoms with Crippen LogP contribution in [0, 0.1) is 0 Å². The van der Waals surface area contributed by atoms with E-state index in [1.807, 2.05) is 0 Å². The summed E-state index contributed by atoms with van der Waals surface area (Å²) in [6, 6.07) is 18.7. The summed E-state index contributed by atoms with van der Waals surface area (Å²) in [5.41, 5.74) is 1.09. The van der Waals surface area contributed by atoms with Crippen LogP contribution >= 0.6 is 27.5 Å². The van der Waals surface area contributed by atoms with Gasteiger partial charge in [-0.2, -0.15) is 0 Å². The Hall–Kier alpha value is -3.01. The number of sulfone groups is 1. The lowest BCUT2D eigenvalue weighted by molar-refractivity contribution is 0.0697. The summed E-state index contributed by atoms with van der Waals surface area (Å²) in [5.74, 6) is -1.11. The lowest BCUT2D eigenvalue weighted by Crippen LogP contribution is -2.06. The van der Waals surface area contributed by atoms with Crippen LogP contribution in [0.25, 0.3) is 16.9 Å². The largest absolute Gasteiger partial charge is 0.478 e. The maximum atomic E-state index is 13.4. The number of carboxylic acids is 1. The molecular weight excluding hydrogens is 506 g/mol. The van der Waals surface area contributed by atoms with Crippen LogP contribution in [0.1, 0.15) is 10.4 Å². The minimum atomic E-state index is -4.02. The molecule has 0 atom stereocenters. The first kappa shape index (κ1) is 21.2. The van der Waals surface area contributed by atoms with E-state index in [-0.39, 0.29) is 21.2 Å². The number of carbonyl (C=O) groups is 1. The van der Waals surface area contributed by atoms with Crippen molar-refractivity contribution in [2.75, 3.05) is 0 Å². The van der Waals surface area contributed by atoms with Crippen molar-refractivity contribution in [3.8, 4) is 16.9 Å². The van der Waals surface area contributed by atoms with E-state index in [9.17, 15) is 18.3 Å². The Bertz CT molecular complexity index is 1390. The molecule has 1 aromatic heterocycles. The minimum Gasteiger partial charge on any atom is -0.478 e. The van der Waals surface area contributed by atoms with Gasteiger partial charge in [0.2, 0.25) is 14.9 Å². The molecule has 0 fully saturated rings. The summed E-state index contributed by atoms with van der Waals surface area (Å²) >= 11 is 9.29. The van der Waals surface area contributed by atoms with Crippen LogP contribution in [0.4, 0.5) is 0 Å². The quantitative estimate of drug-likeness (QED) is 0.404. The molecule has 0 aliphatic rings. The molecule has 31 heavy (non-hydrogen) atoms. The summed E-state index contributed by atoms with van der Waals surface area (Å²) < 4.78 is 28.8. The SMILES string of the molecule is O=C(O)c1cccc(-n2nnc(S(=O)(=O)c3ccc(Br)cc3)c2-c2ccc(Cl)cc2)c1. The molecule has 0 bridgehead atoms. The first-order chi connectivity index (χ1) is 14.8. The van der Waals surface area contributed by atoms with Gasteiger partial charge < -0.3 is 5.11 Å². The van der Waals surface area contributed by atoms with Crippen molar-refractivity contribution < 1.29 is 18.3 Å². The molecule has 0 unspecified atom stereocenters. The smallest absolute Gasteiger partial charge is 0.335 e. The highest BCUT2D eigenvalue weighted by molar-refractivity contribution is 9.10. The second kappa shape index (κ2) is 8.26. The standard InChI is InChI=1S/C21H13BrClN3O4S/c22-15-6-10-18(11-7-15)31(29,30)20-19(13-4-8-16(23)9-5-13)26(25-24-20)17-3-1-2-14(12-17)21(27)28/h1-12H,(H,27,28). The van der Waals surface area contributed by atoms with Crippen molar-refractivity contribution in [3.63, 3.8) is 0 Å². The summed E-state index contributed by atoms with van der Waals surface area (Å²) in [5, 5.41) is 17.6. The number of hydrogen-bond acceptors (Lipinski definition) is 5. The second-order valence-electron chi connectivity index (χ2n) is 6.47. The molecule has 4 aromatic rings. The molecular formula is C21H13BrClN3O4S. The van der Waals surface area contributed by atoms with Crippen LogP contribution in [0.15, 0.2) is 87.2 Å². The van der Waals surface area contributed by atoms with Crippen LogP contribution < -0.4 is 0 Å². The number of nitrogens with zero attached hydrogens (tertiary/aromatic N) is 3. The fraction of sp³-hybridized carbons (Fsp3) is 0. The van der Waals surface area contributed by atoms with E-state index >= 15 is 0 Å². The Morgan fingerprint density at radius 3 is 2.32 bits per heavy atom. The number of halogens is 2. The maximum Gasteiger partial charge on any atom is 0.335 e. The van der Waals surface area contributed by atoms with Crippen LogP contribution in [0.3, 0.4) is 0 Å². The molecule has 4 rings (SSSR count). The molecule has 1 heterocycles. The predicted octanol–water partition coefficient (Wildman–Crippen LogP) is 4.88. The lowest BCUT2D eigenvalue weighted by Gasteiger charge is -2.10. The highest BCUT2D eigenvalue weighted by atomic mass is 79.9. The summed E-state index contributed by atoms with van der Waals surface area (Å²) in [7, 11) is -4.02. The van der Waals surface area contributed by atoms with Gasteiger partial charge in [0.15, 0.2) is 0 Å². The third kappa shape index (κ3) is 4.12. The maximum absolute atomic E-state index is 13.4. The molecule has 7 nitrogen and oxygen atoms in total. The van der Waals surface area contributed by atoms with E-state index in [2.05, 4.69) is 26.2 Å². The van der Waals surface area contributed by atoms with Gasteiger partial charge in [0, 0.05) is 15.1 Å². The molecule has 0 aliphatic carbocycles. The molecule has 0 amide bonds. The number of hydrogen-bond donors (Lipinski definition) is 1. The van der Waals surface area contributed by atoms with Crippen LogP contribution in [0.5, 0.6) is 0 Å². The summed E-state index contributed by atoms with van der Waals surface area (Å²) in [6.45, 7) is 0. The second-order valence-corrected chi connectivity index (χ2v) is 9.69. The zero-order chi connectivity index (χ0) is 22.2. The zero-order valence-electron chi connectivity index (χ0n) is 15.6. The minimum absolute atomic E-state index is 0.0346. The Kier molecular flexibility index (Phi) is 5.65. The highest BCUT2D eigenvalue weighted by Gasteiger charge is 2.29. The van der Waals surface area contributed by atoms with Gasteiger partial charge in [0.05, 0.1) is 16.1 Å². The first-order valence-electron chi connectivity index (χ1n) is 8.83.